The second-order valence-electron chi connectivity index (χ2n) is 7.57. The third-order valence-electron chi connectivity index (χ3n) is 5.37. The number of guanidine groups is 1. The van der Waals surface area contributed by atoms with Crippen LogP contribution < -0.4 is 15.5 Å². The summed E-state index contributed by atoms with van der Waals surface area (Å²) in [5.74, 6) is -1.53. The zero-order chi connectivity index (χ0) is 22.1. The number of hydrogen-bond acceptors (Lipinski definition) is 5. The molecule has 4 rings (SSSR count). The number of rotatable bonds is 1. The predicted octanol–water partition coefficient (Wildman–Crippen LogP) is 3.88. The number of aromatic carboxylic acids is 1. The number of carbonyl (C=O) groups is 3. The summed E-state index contributed by atoms with van der Waals surface area (Å²) in [6.07, 6.45) is 2.32. The van der Waals surface area contributed by atoms with Crippen LogP contribution in [0.5, 0.6) is 0 Å². The Morgan fingerprint density at radius 1 is 1.19 bits per heavy atom. The van der Waals surface area contributed by atoms with Crippen molar-refractivity contribution in [3.8, 4) is 0 Å². The Morgan fingerprint density at radius 2 is 1.97 bits per heavy atom. The molecule has 160 valence electrons. The van der Waals surface area contributed by atoms with Crippen LogP contribution in [0.4, 0.5) is 11.4 Å². The molecule has 0 fully saturated rings. The summed E-state index contributed by atoms with van der Waals surface area (Å²) in [6.45, 7) is 2.49. The number of benzene rings is 2. The lowest BCUT2D eigenvalue weighted by atomic mass is 10.1. The van der Waals surface area contributed by atoms with E-state index in [1.165, 1.54) is 6.07 Å². The van der Waals surface area contributed by atoms with Crippen molar-refractivity contribution in [3.63, 3.8) is 0 Å². The second-order valence-corrected chi connectivity index (χ2v) is 8.49. The topological polar surface area (TPSA) is 111 Å². The van der Waals surface area contributed by atoms with Gasteiger partial charge in [-0.3, -0.25) is 9.59 Å². The molecule has 8 nitrogen and oxygen atoms in total. The molecule has 2 aromatic rings. The molecule has 0 aliphatic carbocycles. The normalized spacial score (nSPS) is 20.5. The highest BCUT2D eigenvalue weighted by atomic mass is 79.9. The molecule has 0 saturated carbocycles. The van der Waals surface area contributed by atoms with Crippen LogP contribution in [-0.4, -0.2) is 41.4 Å². The Balaban J connectivity index is 1.83. The minimum absolute atomic E-state index is 0.121. The first-order chi connectivity index (χ1) is 14.8. The van der Waals surface area contributed by atoms with Crippen molar-refractivity contribution in [1.82, 2.24) is 5.32 Å². The molecule has 2 bridgehead atoms. The molecule has 31 heavy (non-hydrogen) atoms. The van der Waals surface area contributed by atoms with Crippen LogP contribution in [0.25, 0.3) is 0 Å². The van der Waals surface area contributed by atoms with E-state index < -0.39 is 11.9 Å². The molecule has 0 spiro atoms. The molecule has 0 saturated heterocycles. The number of amides is 2. The van der Waals surface area contributed by atoms with Gasteiger partial charge in [0.1, 0.15) is 0 Å². The zero-order valence-electron chi connectivity index (χ0n) is 16.8. The Bertz CT molecular complexity index is 1110. The van der Waals surface area contributed by atoms with Crippen LogP contribution in [-0.2, 0) is 0 Å². The van der Waals surface area contributed by atoms with Crippen LogP contribution in [0, 0.1) is 0 Å². The van der Waals surface area contributed by atoms with Gasteiger partial charge in [-0.15, -0.1) is 0 Å². The number of aliphatic imine (C=N–C) groups is 1. The number of anilines is 2. The zero-order valence-corrected chi connectivity index (χ0v) is 18.4. The van der Waals surface area contributed by atoms with E-state index in [4.69, 9.17) is 0 Å². The van der Waals surface area contributed by atoms with E-state index in [0.717, 1.165) is 19.3 Å². The molecule has 2 heterocycles. The van der Waals surface area contributed by atoms with E-state index in [2.05, 4.69) is 31.6 Å². The lowest BCUT2D eigenvalue weighted by molar-refractivity contribution is 0.0697. The molecular formula is C22H21BrN4O4. The van der Waals surface area contributed by atoms with Gasteiger partial charge in [-0.1, -0.05) is 22.0 Å². The summed E-state index contributed by atoms with van der Waals surface area (Å²) in [5.41, 5.74) is 1.86. The van der Waals surface area contributed by atoms with Gasteiger partial charge in [0.2, 0.25) is 5.96 Å². The fourth-order valence-electron chi connectivity index (χ4n) is 3.87. The van der Waals surface area contributed by atoms with Crippen LogP contribution in [0.2, 0.25) is 0 Å². The maximum absolute atomic E-state index is 12.9. The summed E-state index contributed by atoms with van der Waals surface area (Å²) in [6, 6.07) is 9.61. The fraction of sp³-hybridized carbons (Fsp3) is 0.273. The van der Waals surface area contributed by atoms with Gasteiger partial charge in [0.15, 0.2) is 0 Å². The highest BCUT2D eigenvalue weighted by Crippen LogP contribution is 2.40. The van der Waals surface area contributed by atoms with Crippen molar-refractivity contribution in [2.24, 2.45) is 4.99 Å². The standard InChI is InChI=1S/C22H21BrN4O4/c1-12-5-2-3-8-24-19(28)13-6-4-7-14(9-13)20(29)26-22-25-17-11-15(23)10-16(21(30)31)18(17)27(12)22/h4,6-7,9-12H,2-3,5,8H2,1H3,(H,24,28)(H,30,31)(H,25,26,29)/t12-/m0/s1. The number of carbonyl (C=O) groups excluding carboxylic acids is 2. The quantitative estimate of drug-likeness (QED) is 0.566. The Kier molecular flexibility index (Phi) is 5.77. The van der Waals surface area contributed by atoms with Crippen molar-refractivity contribution in [2.45, 2.75) is 32.2 Å². The molecule has 2 amide bonds. The Morgan fingerprint density at radius 3 is 2.74 bits per heavy atom. The molecule has 2 aliphatic rings. The van der Waals surface area contributed by atoms with Gasteiger partial charge in [-0.2, -0.15) is 4.99 Å². The van der Waals surface area contributed by atoms with Gasteiger partial charge in [0, 0.05) is 28.2 Å². The van der Waals surface area contributed by atoms with Crippen molar-refractivity contribution >= 4 is 51.0 Å². The van der Waals surface area contributed by atoms with E-state index in [-0.39, 0.29) is 29.0 Å². The number of carboxylic acids is 1. The van der Waals surface area contributed by atoms with E-state index in [1.54, 1.807) is 35.2 Å². The average Bonchev–Trinajstić information content (AvgIpc) is 3.09. The molecule has 0 aromatic heterocycles. The molecule has 2 aliphatic heterocycles. The monoisotopic (exact) mass is 484 g/mol. The third kappa shape index (κ3) is 4.18. The van der Waals surface area contributed by atoms with Gasteiger partial charge in [0.25, 0.3) is 11.8 Å². The van der Waals surface area contributed by atoms with Gasteiger partial charge in [-0.05, 0) is 56.5 Å². The highest BCUT2D eigenvalue weighted by Gasteiger charge is 2.34. The van der Waals surface area contributed by atoms with Crippen LogP contribution in [0.15, 0.2) is 45.9 Å². The largest absolute Gasteiger partial charge is 0.478 e. The molecule has 9 heteroatoms. The molecule has 1 atom stereocenters. The maximum atomic E-state index is 12.9. The molecule has 3 N–H and O–H groups in total. The summed E-state index contributed by atoms with van der Waals surface area (Å²) in [7, 11) is 0. The number of hydrogen-bond donors (Lipinski definition) is 3. The third-order valence-corrected chi connectivity index (χ3v) is 5.83. The van der Waals surface area contributed by atoms with Crippen LogP contribution >= 0.6 is 15.9 Å². The molecule has 0 radical (unpaired) electrons. The maximum Gasteiger partial charge on any atom is 0.337 e. The highest BCUT2D eigenvalue weighted by molar-refractivity contribution is 9.10. The van der Waals surface area contributed by atoms with E-state index in [0.29, 0.717) is 28.0 Å². The van der Waals surface area contributed by atoms with Crippen molar-refractivity contribution < 1.29 is 19.5 Å². The minimum atomic E-state index is -1.06. The summed E-state index contributed by atoms with van der Waals surface area (Å²) in [4.78, 5) is 43.3. The number of nitrogens with one attached hydrogen (secondary N) is 2. The number of halogens is 1. The molecule has 0 unspecified atom stereocenters. The van der Waals surface area contributed by atoms with Gasteiger partial charge >= 0.3 is 5.97 Å². The van der Waals surface area contributed by atoms with Gasteiger partial charge < -0.3 is 20.6 Å². The van der Waals surface area contributed by atoms with Crippen LogP contribution in [0.3, 0.4) is 0 Å². The SMILES string of the molecule is C[C@H]1CCCCNC(=O)c2cccc(c2)C(=O)/N=C2\Nc3cc(Br)cc(C(=O)O)c3N21. The van der Waals surface area contributed by atoms with Crippen molar-refractivity contribution in [3.05, 3.63) is 57.6 Å². The second kappa shape index (κ2) is 8.50. The predicted molar refractivity (Wildman–Crippen MR) is 121 cm³/mol. The van der Waals surface area contributed by atoms with Gasteiger partial charge in [0.05, 0.1) is 16.9 Å². The lowest BCUT2D eigenvalue weighted by Gasteiger charge is -2.27. The first kappa shape index (κ1) is 21.0. The van der Waals surface area contributed by atoms with Crippen LogP contribution in [0.1, 0.15) is 57.3 Å². The number of nitrogens with zero attached hydrogens (tertiary/aromatic N) is 2. The number of carboxylic acid groups (broad SMARTS) is 1. The Hall–Kier alpha value is -3.20. The lowest BCUT2D eigenvalue weighted by Crippen LogP contribution is -2.39. The molecular weight excluding hydrogens is 464 g/mol. The molecule has 2 aromatic carbocycles. The summed E-state index contributed by atoms with van der Waals surface area (Å²) in [5, 5.41) is 15.8. The number of fused-ring (bicyclic) bond motifs is 5. The van der Waals surface area contributed by atoms with Crippen molar-refractivity contribution in [2.75, 3.05) is 16.8 Å². The van der Waals surface area contributed by atoms with Crippen molar-refractivity contribution in [1.29, 1.82) is 0 Å². The summed E-state index contributed by atoms with van der Waals surface area (Å²) >= 11 is 3.35. The van der Waals surface area contributed by atoms with E-state index >= 15 is 0 Å². The van der Waals surface area contributed by atoms with E-state index in [1.807, 2.05) is 6.92 Å². The van der Waals surface area contributed by atoms with E-state index in [9.17, 15) is 19.5 Å². The smallest absolute Gasteiger partial charge is 0.337 e. The summed E-state index contributed by atoms with van der Waals surface area (Å²) < 4.78 is 0.611. The Labute approximate surface area is 187 Å². The van der Waals surface area contributed by atoms with Gasteiger partial charge in [-0.25, -0.2) is 4.79 Å². The first-order valence-corrected chi connectivity index (χ1v) is 10.8. The fourth-order valence-corrected chi connectivity index (χ4v) is 4.32. The average molecular weight is 485 g/mol. The first-order valence-electron chi connectivity index (χ1n) is 9.99. The minimum Gasteiger partial charge on any atom is -0.478 e.